The molecule has 0 bridgehead atoms. The first kappa shape index (κ1) is 23.5. The maximum absolute atomic E-state index is 7.79. The van der Waals surface area contributed by atoms with Gasteiger partial charge in [0.05, 0.1) is 18.2 Å². The van der Waals surface area contributed by atoms with Crippen molar-refractivity contribution in [3.05, 3.63) is 0 Å². The molecular formula is C16H31Cl3N2O3Si. The van der Waals surface area contributed by atoms with Crippen LogP contribution in [0.5, 0.6) is 0 Å². The summed E-state index contributed by atoms with van der Waals surface area (Å²) in [5.74, 6) is -0.429. The van der Waals surface area contributed by atoms with E-state index < -0.39 is 24.3 Å². The summed E-state index contributed by atoms with van der Waals surface area (Å²) < 4.78 is 16.3. The average Bonchev–Trinajstić information content (AvgIpc) is 2.51. The van der Waals surface area contributed by atoms with E-state index in [4.69, 9.17) is 54.1 Å². The highest BCUT2D eigenvalue weighted by molar-refractivity contribution is 6.76. The second-order valence-electron chi connectivity index (χ2n) is 6.81. The number of nitrogens with zero attached hydrogens (tertiary/aromatic N) is 1. The van der Waals surface area contributed by atoms with Crippen LogP contribution >= 0.6 is 34.8 Å². The topological polar surface area (TPSA) is 54.8 Å². The molecule has 5 nitrogen and oxygen atoms in total. The van der Waals surface area contributed by atoms with Crippen LogP contribution in [-0.4, -0.2) is 61.5 Å². The number of halogens is 3. The molecule has 4 atom stereocenters. The zero-order valence-corrected chi connectivity index (χ0v) is 19.2. The molecule has 0 aliphatic carbocycles. The summed E-state index contributed by atoms with van der Waals surface area (Å²) >= 11 is 17.2. The Morgan fingerprint density at radius 1 is 1.20 bits per heavy atom. The lowest BCUT2D eigenvalue weighted by Gasteiger charge is -2.46. The Morgan fingerprint density at radius 2 is 1.72 bits per heavy atom. The number of likely N-dealkylation sites (N-methyl/N-ethyl adjacent to an activating group) is 1. The van der Waals surface area contributed by atoms with Crippen LogP contribution in [0.3, 0.4) is 0 Å². The van der Waals surface area contributed by atoms with Gasteiger partial charge < -0.3 is 18.8 Å². The third-order valence-corrected chi connectivity index (χ3v) is 10.3. The number of hydrogen-bond donors (Lipinski definition) is 1. The minimum atomic E-state index is -1.89. The van der Waals surface area contributed by atoms with Gasteiger partial charge >= 0.3 is 0 Å². The van der Waals surface area contributed by atoms with Gasteiger partial charge in [-0.3, -0.25) is 5.41 Å². The van der Waals surface area contributed by atoms with Crippen molar-refractivity contribution in [2.45, 2.75) is 80.6 Å². The molecule has 1 saturated heterocycles. The van der Waals surface area contributed by atoms with Gasteiger partial charge in [0.25, 0.3) is 3.79 Å². The summed E-state index contributed by atoms with van der Waals surface area (Å²) in [6, 6.07) is 3.32. The largest absolute Gasteiger partial charge is 0.448 e. The molecule has 0 radical (unpaired) electrons. The summed E-state index contributed by atoms with van der Waals surface area (Å²) in [6.07, 6.45) is -0.320. The molecule has 1 aliphatic heterocycles. The van der Waals surface area contributed by atoms with Gasteiger partial charge in [0.1, 0.15) is 0 Å². The number of ether oxygens (including phenoxy) is 2. The molecule has 9 heteroatoms. The average molecular weight is 434 g/mol. The van der Waals surface area contributed by atoms with Crippen LogP contribution in [0.1, 0.15) is 34.1 Å². The lowest BCUT2D eigenvalue weighted by Crippen LogP contribution is -2.58. The highest BCUT2D eigenvalue weighted by atomic mass is 35.6. The van der Waals surface area contributed by atoms with Crippen molar-refractivity contribution in [1.82, 2.24) is 4.90 Å². The highest BCUT2D eigenvalue weighted by Gasteiger charge is 2.44. The van der Waals surface area contributed by atoms with Gasteiger partial charge in [0, 0.05) is 6.42 Å². The molecule has 1 rings (SSSR count). The molecular weight excluding hydrogens is 403 g/mol. The first-order valence-corrected chi connectivity index (χ1v) is 12.5. The molecule has 0 unspecified atom stereocenters. The van der Waals surface area contributed by atoms with Crippen molar-refractivity contribution in [2.24, 2.45) is 0 Å². The summed E-state index contributed by atoms with van der Waals surface area (Å²) in [5.41, 5.74) is 0. The number of hydrogen-bond acceptors (Lipinski definition) is 5. The van der Waals surface area contributed by atoms with Gasteiger partial charge in [-0.2, -0.15) is 0 Å². The molecule has 25 heavy (non-hydrogen) atoms. The number of alkyl halides is 3. The van der Waals surface area contributed by atoms with Gasteiger partial charge in [-0.1, -0.05) is 55.6 Å². The second-order valence-corrected chi connectivity index (χ2v) is 13.8. The fraction of sp³-hybridized carbons (Fsp3) is 0.938. The van der Waals surface area contributed by atoms with E-state index in [1.807, 2.05) is 21.0 Å². The van der Waals surface area contributed by atoms with E-state index in [0.717, 1.165) is 18.1 Å². The number of nitrogens with one attached hydrogen (secondary N) is 1. The van der Waals surface area contributed by atoms with E-state index >= 15 is 0 Å². The summed E-state index contributed by atoms with van der Waals surface area (Å²) in [7, 11) is 2.25. The van der Waals surface area contributed by atoms with Crippen LogP contribution in [0.15, 0.2) is 0 Å². The maximum Gasteiger partial charge on any atom is 0.265 e. The second kappa shape index (κ2) is 9.58. The quantitative estimate of drug-likeness (QED) is 0.271. The van der Waals surface area contributed by atoms with Crippen LogP contribution in [0.4, 0.5) is 0 Å². The summed E-state index contributed by atoms with van der Waals surface area (Å²) in [4.78, 5) is 2.13. The van der Waals surface area contributed by atoms with E-state index in [-0.39, 0.29) is 18.2 Å². The third-order valence-electron chi connectivity index (χ3n) is 5.09. The Labute approximate surface area is 167 Å². The van der Waals surface area contributed by atoms with Crippen LogP contribution in [-0.2, 0) is 13.9 Å². The Morgan fingerprint density at radius 3 is 2.12 bits per heavy atom. The van der Waals surface area contributed by atoms with Gasteiger partial charge in [-0.15, -0.1) is 0 Å². The molecule has 1 N–H and O–H groups in total. The predicted molar refractivity (Wildman–Crippen MR) is 108 cm³/mol. The molecule has 1 fully saturated rings. The standard InChI is InChI=1S/C16H31Cl3N2O3Si/c1-7-25(8-2,9-3)24-12-10-13(23-15(20)16(17,18)19)22-11(4)14(12)21(5)6/h11-14,20H,7-10H2,1-6H3/t11-,12-,13+,14+/m0/s1. The van der Waals surface area contributed by atoms with Crippen molar-refractivity contribution < 1.29 is 13.9 Å². The highest BCUT2D eigenvalue weighted by Crippen LogP contribution is 2.34. The third kappa shape index (κ3) is 6.23. The predicted octanol–water partition coefficient (Wildman–Crippen LogP) is 4.81. The minimum absolute atomic E-state index is 0.0431. The molecule has 0 spiro atoms. The van der Waals surface area contributed by atoms with Crippen molar-refractivity contribution in [1.29, 1.82) is 5.41 Å². The molecule has 1 heterocycles. The Hall–Kier alpha value is 0.437. The van der Waals surface area contributed by atoms with Crippen LogP contribution < -0.4 is 0 Å². The minimum Gasteiger partial charge on any atom is -0.448 e. The first-order valence-electron chi connectivity index (χ1n) is 8.81. The molecule has 0 saturated carbocycles. The fourth-order valence-electron chi connectivity index (χ4n) is 3.47. The molecule has 1 aliphatic rings. The van der Waals surface area contributed by atoms with E-state index in [1.165, 1.54) is 0 Å². The fourth-order valence-corrected chi connectivity index (χ4v) is 6.48. The van der Waals surface area contributed by atoms with E-state index in [9.17, 15) is 0 Å². The molecule has 0 amide bonds. The Balaban J connectivity index is 2.97. The van der Waals surface area contributed by atoms with Crippen molar-refractivity contribution >= 4 is 49.0 Å². The van der Waals surface area contributed by atoms with E-state index in [1.54, 1.807) is 0 Å². The van der Waals surface area contributed by atoms with Crippen LogP contribution in [0, 0.1) is 5.41 Å². The Bertz CT molecular complexity index is 437. The van der Waals surface area contributed by atoms with Gasteiger partial charge in [0.15, 0.2) is 8.32 Å². The lowest BCUT2D eigenvalue weighted by atomic mass is 9.98. The smallest absolute Gasteiger partial charge is 0.265 e. The van der Waals surface area contributed by atoms with Crippen LogP contribution in [0.25, 0.3) is 0 Å². The van der Waals surface area contributed by atoms with Gasteiger partial charge in [-0.25, -0.2) is 0 Å². The first-order chi connectivity index (χ1) is 11.5. The zero-order valence-electron chi connectivity index (χ0n) is 15.9. The Kier molecular flexibility index (Phi) is 8.99. The zero-order chi connectivity index (χ0) is 19.4. The maximum atomic E-state index is 7.79. The van der Waals surface area contributed by atoms with E-state index in [2.05, 4.69) is 25.7 Å². The number of rotatable bonds is 7. The SMILES string of the molecule is CC[Si](CC)(CC)O[C@H]1C[C@@H](OC(=N)C(Cl)(Cl)Cl)O[C@@H](C)[C@H]1N(C)C. The molecule has 0 aromatic heterocycles. The van der Waals surface area contributed by atoms with E-state index in [0.29, 0.717) is 6.42 Å². The lowest BCUT2D eigenvalue weighted by molar-refractivity contribution is -0.200. The van der Waals surface area contributed by atoms with Gasteiger partial charge in [0.2, 0.25) is 12.2 Å². The normalized spacial score (nSPS) is 28.2. The van der Waals surface area contributed by atoms with Crippen molar-refractivity contribution in [2.75, 3.05) is 14.1 Å². The molecule has 0 aromatic rings. The van der Waals surface area contributed by atoms with Crippen molar-refractivity contribution in [3.8, 4) is 0 Å². The monoisotopic (exact) mass is 432 g/mol. The summed E-state index contributed by atoms with van der Waals surface area (Å²) in [5, 5.41) is 7.79. The molecule has 148 valence electrons. The molecule has 0 aromatic carbocycles. The summed E-state index contributed by atoms with van der Waals surface area (Å²) in [6.45, 7) is 8.61. The van der Waals surface area contributed by atoms with Crippen molar-refractivity contribution in [3.63, 3.8) is 0 Å². The van der Waals surface area contributed by atoms with Gasteiger partial charge in [-0.05, 0) is 39.2 Å². The van der Waals surface area contributed by atoms with Crippen LogP contribution in [0.2, 0.25) is 18.1 Å².